The van der Waals surface area contributed by atoms with Gasteiger partial charge in [0.15, 0.2) is 5.78 Å². The Balaban J connectivity index is 1.92. The van der Waals surface area contributed by atoms with E-state index in [1.54, 1.807) is 7.11 Å². The van der Waals surface area contributed by atoms with E-state index in [4.69, 9.17) is 4.74 Å². The molecular weight excluding hydrogens is 262 g/mol. The lowest BCUT2D eigenvalue weighted by Crippen LogP contribution is -2.18. The Bertz CT molecular complexity index is 631. The van der Waals surface area contributed by atoms with Crippen LogP contribution in [0.15, 0.2) is 48.5 Å². The number of carbonyl (C=O) groups is 1. The summed E-state index contributed by atoms with van der Waals surface area (Å²) in [5, 5.41) is 0. The maximum atomic E-state index is 12.5. The smallest absolute Gasteiger partial charge is 0.193 e. The molecule has 0 aromatic heterocycles. The molecule has 3 heteroatoms. The number of ketones is 1. The summed E-state index contributed by atoms with van der Waals surface area (Å²) in [7, 11) is 1.66. The molecule has 21 heavy (non-hydrogen) atoms. The molecular formula is C18H19NO2. The molecule has 0 N–H and O–H groups in total. The SMILES string of the molecule is COc1cc(C(=O)c2ccccc2)ccc1N1CCCC1. The van der Waals surface area contributed by atoms with Crippen LogP contribution in [-0.2, 0) is 0 Å². The molecule has 0 radical (unpaired) electrons. The molecule has 1 aliphatic rings. The molecule has 0 atom stereocenters. The van der Waals surface area contributed by atoms with Crippen LogP contribution in [0.1, 0.15) is 28.8 Å². The number of nitrogens with zero attached hydrogens (tertiary/aromatic N) is 1. The van der Waals surface area contributed by atoms with Crippen molar-refractivity contribution in [3.63, 3.8) is 0 Å². The Morgan fingerprint density at radius 3 is 2.38 bits per heavy atom. The summed E-state index contributed by atoms with van der Waals surface area (Å²) in [5.74, 6) is 0.806. The molecule has 2 aromatic rings. The van der Waals surface area contributed by atoms with E-state index in [0.29, 0.717) is 11.1 Å². The Morgan fingerprint density at radius 1 is 1.00 bits per heavy atom. The molecule has 2 aromatic carbocycles. The Morgan fingerprint density at radius 2 is 1.71 bits per heavy atom. The van der Waals surface area contributed by atoms with Crippen LogP contribution < -0.4 is 9.64 Å². The fraction of sp³-hybridized carbons (Fsp3) is 0.278. The molecule has 1 aliphatic heterocycles. The van der Waals surface area contributed by atoms with Crippen molar-refractivity contribution < 1.29 is 9.53 Å². The average Bonchev–Trinajstić information content (AvgIpc) is 3.08. The first kappa shape index (κ1) is 13.7. The third kappa shape index (κ3) is 2.77. The van der Waals surface area contributed by atoms with E-state index in [1.807, 2.05) is 48.5 Å². The van der Waals surface area contributed by atoms with Crippen molar-refractivity contribution >= 4 is 11.5 Å². The quantitative estimate of drug-likeness (QED) is 0.803. The van der Waals surface area contributed by atoms with Crippen LogP contribution in [0.4, 0.5) is 5.69 Å². The fourth-order valence-corrected chi connectivity index (χ4v) is 2.79. The lowest BCUT2D eigenvalue weighted by Gasteiger charge is -2.21. The molecule has 108 valence electrons. The van der Waals surface area contributed by atoms with E-state index in [1.165, 1.54) is 12.8 Å². The van der Waals surface area contributed by atoms with Crippen LogP contribution in [0.2, 0.25) is 0 Å². The number of carbonyl (C=O) groups excluding carboxylic acids is 1. The monoisotopic (exact) mass is 281 g/mol. The number of rotatable bonds is 4. The van der Waals surface area contributed by atoms with Gasteiger partial charge in [-0.1, -0.05) is 30.3 Å². The average molecular weight is 281 g/mol. The summed E-state index contributed by atoms with van der Waals surface area (Å²) >= 11 is 0. The van der Waals surface area contributed by atoms with Crippen molar-refractivity contribution in [1.82, 2.24) is 0 Å². The Labute approximate surface area is 125 Å². The Kier molecular flexibility index (Phi) is 3.91. The van der Waals surface area contributed by atoms with E-state index < -0.39 is 0 Å². The molecule has 0 saturated carbocycles. The lowest BCUT2D eigenvalue weighted by atomic mass is 10.0. The van der Waals surface area contributed by atoms with Crippen molar-refractivity contribution in [3.05, 3.63) is 59.7 Å². The van der Waals surface area contributed by atoms with Gasteiger partial charge in [-0.3, -0.25) is 4.79 Å². The van der Waals surface area contributed by atoms with E-state index in [2.05, 4.69) is 4.90 Å². The van der Waals surface area contributed by atoms with Gasteiger partial charge in [0.05, 0.1) is 12.8 Å². The third-order valence-corrected chi connectivity index (χ3v) is 3.92. The zero-order chi connectivity index (χ0) is 14.7. The number of anilines is 1. The highest BCUT2D eigenvalue weighted by Crippen LogP contribution is 2.32. The number of benzene rings is 2. The van der Waals surface area contributed by atoms with Gasteiger partial charge in [0.2, 0.25) is 0 Å². The molecule has 1 saturated heterocycles. The van der Waals surface area contributed by atoms with E-state index in [9.17, 15) is 4.79 Å². The number of hydrogen-bond donors (Lipinski definition) is 0. The fourth-order valence-electron chi connectivity index (χ4n) is 2.79. The van der Waals surface area contributed by atoms with Gasteiger partial charge in [-0.25, -0.2) is 0 Å². The molecule has 0 amide bonds. The first-order valence-corrected chi connectivity index (χ1v) is 7.32. The van der Waals surface area contributed by atoms with Crippen LogP contribution in [-0.4, -0.2) is 26.0 Å². The summed E-state index contributed by atoms with van der Waals surface area (Å²) in [5.41, 5.74) is 2.45. The minimum absolute atomic E-state index is 0.0295. The summed E-state index contributed by atoms with van der Waals surface area (Å²) in [6, 6.07) is 15.1. The molecule has 0 spiro atoms. The zero-order valence-corrected chi connectivity index (χ0v) is 12.2. The van der Waals surface area contributed by atoms with Gasteiger partial charge < -0.3 is 9.64 Å². The lowest BCUT2D eigenvalue weighted by molar-refractivity contribution is 0.103. The summed E-state index contributed by atoms with van der Waals surface area (Å²) in [6.07, 6.45) is 2.43. The van der Waals surface area contributed by atoms with Gasteiger partial charge in [-0.05, 0) is 31.0 Å². The van der Waals surface area contributed by atoms with Crippen LogP contribution in [0.25, 0.3) is 0 Å². The normalized spacial score (nSPS) is 14.2. The second-order valence-electron chi connectivity index (χ2n) is 5.28. The first-order chi connectivity index (χ1) is 10.3. The van der Waals surface area contributed by atoms with Crippen LogP contribution in [0.3, 0.4) is 0 Å². The van der Waals surface area contributed by atoms with E-state index in [-0.39, 0.29) is 5.78 Å². The minimum atomic E-state index is 0.0295. The molecule has 3 rings (SSSR count). The number of ether oxygens (including phenoxy) is 1. The van der Waals surface area contributed by atoms with Gasteiger partial charge in [0.25, 0.3) is 0 Å². The maximum absolute atomic E-state index is 12.5. The predicted octanol–water partition coefficient (Wildman–Crippen LogP) is 3.53. The summed E-state index contributed by atoms with van der Waals surface area (Å²) in [6.45, 7) is 2.12. The van der Waals surface area contributed by atoms with E-state index >= 15 is 0 Å². The van der Waals surface area contributed by atoms with Gasteiger partial charge in [-0.15, -0.1) is 0 Å². The molecule has 0 unspecified atom stereocenters. The van der Waals surface area contributed by atoms with Gasteiger partial charge >= 0.3 is 0 Å². The third-order valence-electron chi connectivity index (χ3n) is 3.92. The minimum Gasteiger partial charge on any atom is -0.495 e. The Hall–Kier alpha value is -2.29. The van der Waals surface area contributed by atoms with Crippen LogP contribution in [0, 0.1) is 0 Å². The van der Waals surface area contributed by atoms with Gasteiger partial charge in [0.1, 0.15) is 5.75 Å². The maximum Gasteiger partial charge on any atom is 0.193 e. The van der Waals surface area contributed by atoms with Gasteiger partial charge in [0, 0.05) is 24.2 Å². The highest BCUT2D eigenvalue weighted by Gasteiger charge is 2.18. The molecule has 1 heterocycles. The largest absolute Gasteiger partial charge is 0.495 e. The molecule has 0 aliphatic carbocycles. The van der Waals surface area contributed by atoms with Crippen LogP contribution >= 0.6 is 0 Å². The zero-order valence-electron chi connectivity index (χ0n) is 12.2. The van der Waals surface area contributed by atoms with Crippen molar-refractivity contribution in [2.45, 2.75) is 12.8 Å². The van der Waals surface area contributed by atoms with Gasteiger partial charge in [-0.2, -0.15) is 0 Å². The number of hydrogen-bond acceptors (Lipinski definition) is 3. The number of methoxy groups -OCH3 is 1. The first-order valence-electron chi connectivity index (χ1n) is 7.32. The highest BCUT2D eigenvalue weighted by molar-refractivity contribution is 6.09. The summed E-state index contributed by atoms with van der Waals surface area (Å²) in [4.78, 5) is 14.8. The molecule has 0 bridgehead atoms. The van der Waals surface area contributed by atoms with Crippen molar-refractivity contribution in [3.8, 4) is 5.75 Å². The van der Waals surface area contributed by atoms with Crippen LogP contribution in [0.5, 0.6) is 5.75 Å². The molecule has 1 fully saturated rings. The highest BCUT2D eigenvalue weighted by atomic mass is 16.5. The standard InChI is InChI=1S/C18H19NO2/c1-21-17-13-15(18(20)14-7-3-2-4-8-14)9-10-16(17)19-11-5-6-12-19/h2-4,7-10,13H,5-6,11-12H2,1H3. The van der Waals surface area contributed by atoms with Crippen molar-refractivity contribution in [2.75, 3.05) is 25.1 Å². The predicted molar refractivity (Wildman–Crippen MR) is 84.3 cm³/mol. The molecule has 3 nitrogen and oxygen atoms in total. The topological polar surface area (TPSA) is 29.5 Å². The van der Waals surface area contributed by atoms with Crippen molar-refractivity contribution in [1.29, 1.82) is 0 Å². The second kappa shape index (κ2) is 6.00. The van der Waals surface area contributed by atoms with Crippen molar-refractivity contribution in [2.24, 2.45) is 0 Å². The summed E-state index contributed by atoms with van der Waals surface area (Å²) < 4.78 is 5.49. The second-order valence-corrected chi connectivity index (χ2v) is 5.28. The van der Waals surface area contributed by atoms with E-state index in [0.717, 1.165) is 24.5 Å².